The Balaban J connectivity index is 1.66. The van der Waals surface area contributed by atoms with Gasteiger partial charge in [0.05, 0.1) is 16.7 Å². The Morgan fingerprint density at radius 3 is 2.50 bits per heavy atom. The highest BCUT2D eigenvalue weighted by molar-refractivity contribution is 6.39. The molecule has 160 valence electrons. The standard InChI is InChI=1S/C22H12Cl2N2O6/c23-12-2-1-3-13(9-12)26-20(28)16(19(27)25-22(26)31)10-14-5-7-18(32-14)11-4-6-15(21(29)30)17(24)8-11/h1-10H,(H,29,30)(H,25,27,31)/p-1/b16-10+. The van der Waals surface area contributed by atoms with Crippen molar-refractivity contribution < 1.29 is 28.7 Å². The molecule has 10 heteroatoms. The number of aromatic carboxylic acids is 1. The molecule has 32 heavy (non-hydrogen) atoms. The van der Waals surface area contributed by atoms with Gasteiger partial charge >= 0.3 is 6.03 Å². The number of amides is 4. The van der Waals surface area contributed by atoms with Crippen LogP contribution in [0.5, 0.6) is 0 Å². The van der Waals surface area contributed by atoms with E-state index in [9.17, 15) is 24.3 Å². The number of furan rings is 1. The van der Waals surface area contributed by atoms with Gasteiger partial charge in [0.25, 0.3) is 11.8 Å². The lowest BCUT2D eigenvalue weighted by Crippen LogP contribution is -2.54. The molecule has 1 saturated heterocycles. The Bertz CT molecular complexity index is 1330. The van der Waals surface area contributed by atoms with Gasteiger partial charge in [-0.05, 0) is 42.5 Å². The molecule has 0 atom stereocenters. The molecule has 4 amide bonds. The highest BCUT2D eigenvalue weighted by Gasteiger charge is 2.37. The summed E-state index contributed by atoms with van der Waals surface area (Å²) in [5.74, 6) is -2.67. The van der Waals surface area contributed by atoms with Crippen LogP contribution < -0.4 is 15.3 Å². The van der Waals surface area contributed by atoms with E-state index in [1.165, 1.54) is 42.5 Å². The maximum Gasteiger partial charge on any atom is 0.335 e. The fourth-order valence-electron chi connectivity index (χ4n) is 3.07. The van der Waals surface area contributed by atoms with Gasteiger partial charge in [0, 0.05) is 16.1 Å². The first kappa shape index (κ1) is 21.4. The number of carbonyl (C=O) groups is 4. The normalized spacial score (nSPS) is 15.2. The van der Waals surface area contributed by atoms with E-state index in [0.29, 0.717) is 16.3 Å². The number of benzene rings is 2. The van der Waals surface area contributed by atoms with Gasteiger partial charge in [-0.25, -0.2) is 9.69 Å². The van der Waals surface area contributed by atoms with Gasteiger partial charge in [-0.3, -0.25) is 14.9 Å². The molecular weight excluding hydrogens is 459 g/mol. The molecule has 4 rings (SSSR count). The van der Waals surface area contributed by atoms with Crippen molar-refractivity contribution in [2.24, 2.45) is 0 Å². The summed E-state index contributed by atoms with van der Waals surface area (Å²) < 4.78 is 5.66. The van der Waals surface area contributed by atoms with E-state index in [4.69, 9.17) is 27.6 Å². The lowest BCUT2D eigenvalue weighted by atomic mass is 10.1. The van der Waals surface area contributed by atoms with Crippen LogP contribution in [0.4, 0.5) is 10.5 Å². The number of carbonyl (C=O) groups excluding carboxylic acids is 4. The molecule has 0 unspecified atom stereocenters. The molecule has 0 saturated carbocycles. The lowest BCUT2D eigenvalue weighted by molar-refractivity contribution is -0.255. The third kappa shape index (κ3) is 4.01. The molecule has 0 aliphatic carbocycles. The van der Waals surface area contributed by atoms with Crippen LogP contribution in [0.15, 0.2) is 64.6 Å². The summed E-state index contributed by atoms with van der Waals surface area (Å²) in [6.45, 7) is 0. The maximum absolute atomic E-state index is 12.9. The Hall–Kier alpha value is -3.88. The number of barbiturate groups is 1. The second kappa shape index (κ2) is 8.33. The van der Waals surface area contributed by atoms with Crippen LogP contribution in [0.2, 0.25) is 10.0 Å². The van der Waals surface area contributed by atoms with E-state index in [0.717, 1.165) is 4.90 Å². The molecule has 1 aliphatic heterocycles. The molecule has 0 bridgehead atoms. The average molecular weight is 470 g/mol. The van der Waals surface area contributed by atoms with Crippen molar-refractivity contribution in [3.05, 3.63) is 81.5 Å². The zero-order chi connectivity index (χ0) is 23.0. The summed E-state index contributed by atoms with van der Waals surface area (Å²) in [5.41, 5.74) is 0.177. The predicted octanol–water partition coefficient (Wildman–Crippen LogP) is 3.28. The average Bonchev–Trinajstić information content (AvgIpc) is 3.19. The molecule has 2 aromatic carbocycles. The van der Waals surface area contributed by atoms with Crippen LogP contribution in [0, 0.1) is 0 Å². The predicted molar refractivity (Wildman–Crippen MR) is 114 cm³/mol. The van der Waals surface area contributed by atoms with Crippen LogP contribution in [0.25, 0.3) is 17.4 Å². The fraction of sp³-hybridized carbons (Fsp3) is 0. The van der Waals surface area contributed by atoms with Crippen molar-refractivity contribution in [1.29, 1.82) is 0 Å². The van der Waals surface area contributed by atoms with Crippen LogP contribution >= 0.6 is 23.2 Å². The number of hydrogen-bond acceptors (Lipinski definition) is 6. The van der Waals surface area contributed by atoms with Crippen LogP contribution in [-0.2, 0) is 9.59 Å². The summed E-state index contributed by atoms with van der Waals surface area (Å²) in [6.07, 6.45) is 1.20. The van der Waals surface area contributed by atoms with Crippen molar-refractivity contribution in [2.75, 3.05) is 4.90 Å². The zero-order valence-corrected chi connectivity index (χ0v) is 17.4. The minimum absolute atomic E-state index is 0.0312. The summed E-state index contributed by atoms with van der Waals surface area (Å²) in [6, 6.07) is 12.4. The summed E-state index contributed by atoms with van der Waals surface area (Å²) in [7, 11) is 0. The van der Waals surface area contributed by atoms with E-state index in [2.05, 4.69) is 5.32 Å². The van der Waals surface area contributed by atoms with E-state index in [1.807, 2.05) is 0 Å². The molecule has 1 fully saturated rings. The Kier molecular flexibility index (Phi) is 5.56. The number of rotatable bonds is 4. The smallest absolute Gasteiger partial charge is 0.335 e. The monoisotopic (exact) mass is 469 g/mol. The van der Waals surface area contributed by atoms with Crippen molar-refractivity contribution in [3.8, 4) is 11.3 Å². The van der Waals surface area contributed by atoms with Gasteiger partial charge in [-0.2, -0.15) is 0 Å². The molecule has 1 aliphatic rings. The Morgan fingerprint density at radius 1 is 1.03 bits per heavy atom. The Morgan fingerprint density at radius 2 is 1.81 bits per heavy atom. The van der Waals surface area contributed by atoms with Gasteiger partial charge in [-0.15, -0.1) is 0 Å². The molecule has 8 nitrogen and oxygen atoms in total. The number of nitrogens with one attached hydrogen (secondary N) is 1. The summed E-state index contributed by atoms with van der Waals surface area (Å²) in [5, 5.41) is 13.4. The topological polar surface area (TPSA) is 120 Å². The largest absolute Gasteiger partial charge is 0.545 e. The van der Waals surface area contributed by atoms with E-state index in [-0.39, 0.29) is 27.6 Å². The number of halogens is 2. The van der Waals surface area contributed by atoms with Gasteiger partial charge in [0.2, 0.25) is 0 Å². The molecule has 1 N–H and O–H groups in total. The number of urea groups is 1. The number of hydrogen-bond donors (Lipinski definition) is 1. The summed E-state index contributed by atoms with van der Waals surface area (Å²) in [4.78, 5) is 49.2. The molecular formula is C22H11Cl2N2O6-. The maximum atomic E-state index is 12.9. The van der Waals surface area contributed by atoms with Crippen LogP contribution in [0.1, 0.15) is 16.1 Å². The number of carboxylic acids is 1. The third-order valence-electron chi connectivity index (χ3n) is 4.55. The number of anilines is 1. The zero-order valence-electron chi connectivity index (χ0n) is 15.9. The second-order valence-corrected chi connectivity index (χ2v) is 7.47. The quantitative estimate of drug-likeness (QED) is 0.462. The van der Waals surface area contributed by atoms with Gasteiger partial charge in [0.15, 0.2) is 0 Å². The highest BCUT2D eigenvalue weighted by atomic mass is 35.5. The van der Waals surface area contributed by atoms with Gasteiger partial charge < -0.3 is 14.3 Å². The van der Waals surface area contributed by atoms with E-state index in [1.54, 1.807) is 18.2 Å². The minimum atomic E-state index is -1.41. The first-order valence-corrected chi connectivity index (χ1v) is 9.78. The Labute approximate surface area is 190 Å². The molecule has 1 aromatic heterocycles. The van der Waals surface area contributed by atoms with Gasteiger partial charge in [0.1, 0.15) is 17.1 Å². The van der Waals surface area contributed by atoms with Crippen LogP contribution in [0.3, 0.4) is 0 Å². The third-order valence-corrected chi connectivity index (χ3v) is 5.10. The molecule has 3 aromatic rings. The first-order chi connectivity index (χ1) is 15.2. The van der Waals surface area contributed by atoms with Gasteiger partial charge in [-0.1, -0.05) is 41.4 Å². The van der Waals surface area contributed by atoms with E-state index >= 15 is 0 Å². The molecule has 0 radical (unpaired) electrons. The molecule has 0 spiro atoms. The highest BCUT2D eigenvalue weighted by Crippen LogP contribution is 2.29. The fourth-order valence-corrected chi connectivity index (χ4v) is 3.51. The number of carboxylic acid groups (broad SMARTS) is 1. The van der Waals surface area contributed by atoms with Crippen LogP contribution in [-0.4, -0.2) is 23.8 Å². The van der Waals surface area contributed by atoms with Crippen molar-refractivity contribution in [1.82, 2.24) is 5.32 Å². The van der Waals surface area contributed by atoms with Crippen molar-refractivity contribution >= 4 is 58.8 Å². The molecule has 2 heterocycles. The SMILES string of the molecule is O=C1NC(=O)N(c2cccc(Cl)c2)C(=O)/C1=C/c1ccc(-c2ccc(C(=O)[O-])c(Cl)c2)o1. The lowest BCUT2D eigenvalue weighted by Gasteiger charge is -2.26. The van der Waals surface area contributed by atoms with Crippen molar-refractivity contribution in [3.63, 3.8) is 0 Å². The first-order valence-electron chi connectivity index (χ1n) is 9.03. The second-order valence-electron chi connectivity index (χ2n) is 6.62. The number of nitrogens with zero attached hydrogens (tertiary/aromatic N) is 1. The van der Waals surface area contributed by atoms with Crippen molar-refractivity contribution in [2.45, 2.75) is 0 Å². The number of imide groups is 2. The van der Waals surface area contributed by atoms with E-state index < -0.39 is 23.8 Å². The summed E-state index contributed by atoms with van der Waals surface area (Å²) >= 11 is 11.9. The minimum Gasteiger partial charge on any atom is -0.545 e.